The maximum absolute atomic E-state index is 12.8. The van der Waals surface area contributed by atoms with E-state index in [0.717, 1.165) is 19.3 Å². The Morgan fingerprint density at radius 1 is 1.29 bits per heavy atom. The summed E-state index contributed by atoms with van der Waals surface area (Å²) in [5.41, 5.74) is 2.46. The van der Waals surface area contributed by atoms with Crippen molar-refractivity contribution in [3.63, 3.8) is 0 Å². The summed E-state index contributed by atoms with van der Waals surface area (Å²) < 4.78 is 5.86. The van der Waals surface area contributed by atoms with Crippen molar-refractivity contribution in [1.29, 1.82) is 0 Å². The van der Waals surface area contributed by atoms with Crippen molar-refractivity contribution < 1.29 is 9.53 Å². The molecular formula is C18H23NO2. The van der Waals surface area contributed by atoms with Crippen LogP contribution in [0.25, 0.3) is 0 Å². The molecule has 2 fully saturated rings. The third-order valence-corrected chi connectivity index (χ3v) is 4.45. The van der Waals surface area contributed by atoms with Crippen LogP contribution in [0.1, 0.15) is 44.7 Å². The number of fused-ring (bicyclic) bond motifs is 1. The highest BCUT2D eigenvalue weighted by Gasteiger charge is 2.44. The number of carbonyl (C=O) groups is 1. The van der Waals surface area contributed by atoms with E-state index in [1.165, 1.54) is 11.1 Å². The van der Waals surface area contributed by atoms with Crippen LogP contribution in [0.4, 0.5) is 0 Å². The third kappa shape index (κ3) is 2.88. The molecule has 3 atom stereocenters. The lowest BCUT2D eigenvalue weighted by Gasteiger charge is -2.36. The molecule has 1 amide bonds. The minimum atomic E-state index is -0.0225. The Hall–Kier alpha value is -1.61. The van der Waals surface area contributed by atoms with Crippen molar-refractivity contribution in [3.8, 4) is 0 Å². The van der Waals surface area contributed by atoms with Gasteiger partial charge in [-0.1, -0.05) is 42.0 Å². The standard InChI is InChI=1S/C18H23NO2/c1-13(2)8-9-15-10-11-17-19(18(15)20)16(12-21-17)14-6-4-3-5-7-14/h3-8,15-17H,9-12H2,1-2H3/t15-,16+,17-/m1/s1. The number of hydrogen-bond donors (Lipinski definition) is 0. The number of ether oxygens (including phenoxy) is 1. The molecule has 3 rings (SSSR count). The zero-order valence-electron chi connectivity index (χ0n) is 12.8. The van der Waals surface area contributed by atoms with Crippen molar-refractivity contribution in [2.24, 2.45) is 5.92 Å². The average molecular weight is 285 g/mol. The Labute approximate surface area is 126 Å². The average Bonchev–Trinajstić information content (AvgIpc) is 2.92. The highest BCUT2D eigenvalue weighted by Crippen LogP contribution is 2.38. The first-order valence-electron chi connectivity index (χ1n) is 7.79. The van der Waals surface area contributed by atoms with E-state index in [0.29, 0.717) is 6.61 Å². The van der Waals surface area contributed by atoms with Crippen LogP contribution in [0.5, 0.6) is 0 Å². The summed E-state index contributed by atoms with van der Waals surface area (Å²) >= 11 is 0. The third-order valence-electron chi connectivity index (χ3n) is 4.45. The molecule has 0 radical (unpaired) electrons. The summed E-state index contributed by atoms with van der Waals surface area (Å²) in [4.78, 5) is 14.8. The molecule has 0 aromatic heterocycles. The zero-order chi connectivity index (χ0) is 14.8. The quantitative estimate of drug-likeness (QED) is 0.793. The molecule has 21 heavy (non-hydrogen) atoms. The summed E-state index contributed by atoms with van der Waals surface area (Å²) in [6, 6.07) is 10.3. The van der Waals surface area contributed by atoms with Crippen molar-refractivity contribution >= 4 is 5.91 Å². The number of carbonyl (C=O) groups excluding carboxylic acids is 1. The van der Waals surface area contributed by atoms with E-state index in [2.05, 4.69) is 32.1 Å². The van der Waals surface area contributed by atoms with Crippen molar-refractivity contribution in [2.45, 2.75) is 45.4 Å². The maximum atomic E-state index is 12.8. The van der Waals surface area contributed by atoms with Crippen LogP contribution >= 0.6 is 0 Å². The highest BCUT2D eigenvalue weighted by molar-refractivity contribution is 5.80. The Morgan fingerprint density at radius 2 is 2.05 bits per heavy atom. The fraction of sp³-hybridized carbons (Fsp3) is 0.500. The fourth-order valence-electron chi connectivity index (χ4n) is 3.29. The van der Waals surface area contributed by atoms with Gasteiger partial charge in [-0.2, -0.15) is 0 Å². The number of rotatable bonds is 3. The second kappa shape index (κ2) is 6.02. The molecule has 0 bridgehead atoms. The largest absolute Gasteiger partial charge is 0.356 e. The fourth-order valence-corrected chi connectivity index (χ4v) is 3.29. The minimum Gasteiger partial charge on any atom is -0.356 e. The molecule has 0 saturated carbocycles. The van der Waals surface area contributed by atoms with E-state index >= 15 is 0 Å². The molecule has 0 unspecified atom stereocenters. The van der Waals surface area contributed by atoms with Crippen LogP contribution in [0, 0.1) is 5.92 Å². The van der Waals surface area contributed by atoms with Gasteiger partial charge in [-0.15, -0.1) is 0 Å². The Morgan fingerprint density at radius 3 is 2.76 bits per heavy atom. The summed E-state index contributed by atoms with van der Waals surface area (Å²) in [7, 11) is 0. The number of allylic oxidation sites excluding steroid dienone is 2. The van der Waals surface area contributed by atoms with Crippen LogP contribution in [-0.4, -0.2) is 23.6 Å². The smallest absolute Gasteiger partial charge is 0.228 e. The van der Waals surface area contributed by atoms with Gasteiger partial charge in [-0.25, -0.2) is 0 Å². The molecule has 0 aliphatic carbocycles. The number of hydrogen-bond acceptors (Lipinski definition) is 2. The van der Waals surface area contributed by atoms with Gasteiger partial charge in [-0.05, 0) is 38.7 Å². The highest BCUT2D eigenvalue weighted by atomic mass is 16.5. The topological polar surface area (TPSA) is 29.5 Å². The molecule has 0 N–H and O–H groups in total. The van der Waals surface area contributed by atoms with E-state index in [1.807, 2.05) is 23.1 Å². The van der Waals surface area contributed by atoms with Gasteiger partial charge in [-0.3, -0.25) is 4.79 Å². The van der Waals surface area contributed by atoms with E-state index in [-0.39, 0.29) is 24.1 Å². The Balaban J connectivity index is 1.79. The van der Waals surface area contributed by atoms with Crippen LogP contribution < -0.4 is 0 Å². The van der Waals surface area contributed by atoms with Gasteiger partial charge in [0.25, 0.3) is 0 Å². The van der Waals surface area contributed by atoms with Gasteiger partial charge in [0.1, 0.15) is 6.23 Å². The predicted molar refractivity (Wildman–Crippen MR) is 82.5 cm³/mol. The van der Waals surface area contributed by atoms with Gasteiger partial charge in [0.05, 0.1) is 12.6 Å². The maximum Gasteiger partial charge on any atom is 0.228 e. The normalized spacial score (nSPS) is 28.4. The SMILES string of the molecule is CC(C)=CC[C@@H]1CC[C@H]2OC[C@@H](c3ccccc3)N2C1=O. The van der Waals surface area contributed by atoms with Gasteiger partial charge in [0, 0.05) is 5.92 Å². The summed E-state index contributed by atoms with van der Waals surface area (Å²) in [5, 5.41) is 0. The lowest BCUT2D eigenvalue weighted by atomic mass is 9.91. The van der Waals surface area contributed by atoms with Crippen molar-refractivity contribution in [2.75, 3.05) is 6.61 Å². The Kier molecular flexibility index (Phi) is 4.11. The molecule has 3 nitrogen and oxygen atoms in total. The lowest BCUT2D eigenvalue weighted by molar-refractivity contribution is -0.148. The molecule has 3 heteroatoms. The summed E-state index contributed by atoms with van der Waals surface area (Å²) in [6.45, 7) is 4.79. The van der Waals surface area contributed by atoms with E-state index in [1.54, 1.807) is 0 Å². The molecule has 2 aliphatic rings. The molecule has 0 spiro atoms. The minimum absolute atomic E-state index is 0.0225. The molecular weight excluding hydrogens is 262 g/mol. The van der Waals surface area contributed by atoms with Crippen molar-refractivity contribution in [1.82, 2.24) is 4.90 Å². The molecule has 2 heterocycles. The molecule has 1 aromatic rings. The first kappa shape index (κ1) is 14.3. The van der Waals surface area contributed by atoms with E-state index in [9.17, 15) is 4.79 Å². The van der Waals surface area contributed by atoms with Crippen LogP contribution in [0.2, 0.25) is 0 Å². The number of nitrogens with zero attached hydrogens (tertiary/aromatic N) is 1. The van der Waals surface area contributed by atoms with Gasteiger partial charge in [0.15, 0.2) is 0 Å². The molecule has 2 aliphatic heterocycles. The van der Waals surface area contributed by atoms with Crippen molar-refractivity contribution in [3.05, 3.63) is 47.5 Å². The number of amides is 1. The van der Waals surface area contributed by atoms with Crippen LogP contribution in [0.15, 0.2) is 42.0 Å². The molecule has 1 aromatic carbocycles. The van der Waals surface area contributed by atoms with Gasteiger partial charge >= 0.3 is 0 Å². The first-order chi connectivity index (χ1) is 10.2. The van der Waals surface area contributed by atoms with Crippen LogP contribution in [-0.2, 0) is 9.53 Å². The van der Waals surface area contributed by atoms with E-state index in [4.69, 9.17) is 4.74 Å². The predicted octanol–water partition coefficient (Wildman–Crippen LogP) is 3.68. The van der Waals surface area contributed by atoms with Gasteiger partial charge < -0.3 is 9.64 Å². The zero-order valence-corrected chi connectivity index (χ0v) is 12.8. The molecule has 2 saturated heterocycles. The first-order valence-corrected chi connectivity index (χ1v) is 7.79. The summed E-state index contributed by atoms with van der Waals surface area (Å²) in [6.07, 6.45) is 4.90. The summed E-state index contributed by atoms with van der Waals surface area (Å²) in [5.74, 6) is 0.374. The van der Waals surface area contributed by atoms with E-state index < -0.39 is 0 Å². The monoisotopic (exact) mass is 285 g/mol. The number of benzene rings is 1. The molecule has 112 valence electrons. The lowest BCUT2D eigenvalue weighted by Crippen LogP contribution is -2.45. The van der Waals surface area contributed by atoms with Crippen LogP contribution in [0.3, 0.4) is 0 Å². The second-order valence-corrected chi connectivity index (χ2v) is 6.25. The second-order valence-electron chi connectivity index (χ2n) is 6.25. The van der Waals surface area contributed by atoms with Gasteiger partial charge in [0.2, 0.25) is 5.91 Å². The Bertz CT molecular complexity index is 533. The number of piperidine rings is 1.